The molecule has 0 saturated heterocycles. The van der Waals surface area contributed by atoms with Crippen LogP contribution in [0.4, 0.5) is 5.69 Å². The Morgan fingerprint density at radius 2 is 2.00 bits per heavy atom. The number of nitrogen functional groups attached to an aromatic ring is 1. The third kappa shape index (κ3) is 2.29. The fourth-order valence-corrected chi connectivity index (χ4v) is 1.30. The highest BCUT2D eigenvalue weighted by Crippen LogP contribution is 2.23. The monoisotopic (exact) mass is 216 g/mol. The topological polar surface area (TPSA) is 68.4 Å². The summed E-state index contributed by atoms with van der Waals surface area (Å²) < 4.78 is 5.53. The van der Waals surface area contributed by atoms with Gasteiger partial charge in [0.2, 0.25) is 5.88 Å². The molecule has 0 radical (unpaired) electrons. The number of rotatable bonds is 3. The average Bonchev–Trinajstić information content (AvgIpc) is 2.33. The summed E-state index contributed by atoms with van der Waals surface area (Å²) in [5.74, 6) is 1.05. The van der Waals surface area contributed by atoms with Gasteiger partial charge in [0.05, 0.1) is 18.5 Å². The minimum atomic E-state index is -0.0643. The van der Waals surface area contributed by atoms with E-state index in [1.807, 2.05) is 12.1 Å². The predicted molar refractivity (Wildman–Crippen MR) is 61.1 cm³/mol. The Morgan fingerprint density at radius 1 is 1.19 bits per heavy atom. The first-order valence-electron chi connectivity index (χ1n) is 4.88. The van der Waals surface area contributed by atoms with Gasteiger partial charge in [-0.3, -0.25) is 0 Å². The number of hydrogen-bond donors (Lipinski definition) is 2. The van der Waals surface area contributed by atoms with E-state index in [1.54, 1.807) is 24.3 Å². The van der Waals surface area contributed by atoms with E-state index in [9.17, 15) is 0 Å². The molecule has 2 rings (SSSR count). The summed E-state index contributed by atoms with van der Waals surface area (Å²) >= 11 is 0. The van der Waals surface area contributed by atoms with Crippen LogP contribution in [0.25, 0.3) is 0 Å². The lowest BCUT2D eigenvalue weighted by Gasteiger charge is -2.08. The van der Waals surface area contributed by atoms with E-state index in [-0.39, 0.29) is 6.61 Å². The molecule has 1 aromatic heterocycles. The van der Waals surface area contributed by atoms with E-state index >= 15 is 0 Å². The zero-order chi connectivity index (χ0) is 11.4. The molecule has 1 aromatic carbocycles. The first kappa shape index (κ1) is 10.4. The molecule has 0 amide bonds. The third-order valence-electron chi connectivity index (χ3n) is 2.12. The smallest absolute Gasteiger partial charge is 0.219 e. The van der Waals surface area contributed by atoms with Gasteiger partial charge in [-0.25, -0.2) is 4.98 Å². The van der Waals surface area contributed by atoms with Gasteiger partial charge in [0.15, 0.2) is 0 Å². The van der Waals surface area contributed by atoms with E-state index in [0.29, 0.717) is 17.3 Å². The number of aliphatic hydroxyl groups excluding tert-OH is 1. The maximum atomic E-state index is 9.12. The van der Waals surface area contributed by atoms with Crippen LogP contribution in [0.2, 0.25) is 0 Å². The lowest BCUT2D eigenvalue weighted by molar-refractivity contribution is 0.276. The van der Waals surface area contributed by atoms with Gasteiger partial charge in [0.1, 0.15) is 5.75 Å². The molecule has 0 saturated carbocycles. The summed E-state index contributed by atoms with van der Waals surface area (Å²) in [4.78, 5) is 4.02. The number of para-hydroxylation sites is 1. The van der Waals surface area contributed by atoms with Gasteiger partial charge in [0.25, 0.3) is 0 Å². The number of ether oxygens (including phenoxy) is 1. The number of hydrogen-bond acceptors (Lipinski definition) is 4. The summed E-state index contributed by atoms with van der Waals surface area (Å²) in [6.07, 6.45) is 1.52. The minimum Gasteiger partial charge on any atom is -0.439 e. The second kappa shape index (κ2) is 4.63. The Balaban J connectivity index is 2.23. The van der Waals surface area contributed by atoms with E-state index in [0.717, 1.165) is 5.56 Å². The van der Waals surface area contributed by atoms with Gasteiger partial charge in [-0.2, -0.15) is 0 Å². The summed E-state index contributed by atoms with van der Waals surface area (Å²) in [7, 11) is 0. The van der Waals surface area contributed by atoms with E-state index in [2.05, 4.69) is 4.98 Å². The maximum absolute atomic E-state index is 9.12. The molecule has 0 fully saturated rings. The normalized spacial score (nSPS) is 10.1. The predicted octanol–water partition coefficient (Wildman–Crippen LogP) is 1.95. The first-order valence-corrected chi connectivity index (χ1v) is 4.88. The summed E-state index contributed by atoms with van der Waals surface area (Å²) in [5.41, 5.74) is 6.83. The Labute approximate surface area is 93.3 Å². The molecule has 0 atom stereocenters. The van der Waals surface area contributed by atoms with Gasteiger partial charge >= 0.3 is 0 Å². The number of nitrogens with zero attached hydrogens (tertiary/aromatic N) is 1. The molecule has 4 nitrogen and oxygen atoms in total. The SMILES string of the molecule is Nc1ccc(Oc2ccccc2CO)nc1. The molecule has 3 N–H and O–H groups in total. The van der Waals surface area contributed by atoms with Crippen molar-refractivity contribution < 1.29 is 9.84 Å². The fourth-order valence-electron chi connectivity index (χ4n) is 1.30. The molecule has 4 heteroatoms. The Bertz CT molecular complexity index is 469. The lowest BCUT2D eigenvalue weighted by Crippen LogP contribution is -1.93. The zero-order valence-corrected chi connectivity index (χ0v) is 8.63. The van der Waals surface area contributed by atoms with Gasteiger partial charge in [-0.05, 0) is 12.1 Å². The van der Waals surface area contributed by atoms with Crippen molar-refractivity contribution in [3.05, 3.63) is 48.2 Å². The van der Waals surface area contributed by atoms with Crippen LogP contribution in [0.1, 0.15) is 5.56 Å². The Hall–Kier alpha value is -2.07. The van der Waals surface area contributed by atoms with Gasteiger partial charge in [-0.1, -0.05) is 18.2 Å². The van der Waals surface area contributed by atoms with Crippen molar-refractivity contribution in [1.29, 1.82) is 0 Å². The van der Waals surface area contributed by atoms with Crippen molar-refractivity contribution in [1.82, 2.24) is 4.98 Å². The second-order valence-electron chi connectivity index (χ2n) is 3.30. The number of aliphatic hydroxyl groups is 1. The van der Waals surface area contributed by atoms with Gasteiger partial charge < -0.3 is 15.6 Å². The van der Waals surface area contributed by atoms with Crippen LogP contribution in [0, 0.1) is 0 Å². The van der Waals surface area contributed by atoms with Crippen molar-refractivity contribution in [3.63, 3.8) is 0 Å². The third-order valence-corrected chi connectivity index (χ3v) is 2.12. The highest BCUT2D eigenvalue weighted by molar-refractivity contribution is 5.39. The molecule has 0 aliphatic heterocycles. The van der Waals surface area contributed by atoms with E-state index < -0.39 is 0 Å². The molecule has 0 spiro atoms. The molecule has 0 bridgehead atoms. The van der Waals surface area contributed by atoms with Crippen molar-refractivity contribution in [2.75, 3.05) is 5.73 Å². The number of benzene rings is 1. The quantitative estimate of drug-likeness (QED) is 0.822. The van der Waals surface area contributed by atoms with Gasteiger partial charge in [-0.15, -0.1) is 0 Å². The molecule has 2 aromatic rings. The van der Waals surface area contributed by atoms with Crippen LogP contribution in [0.15, 0.2) is 42.6 Å². The van der Waals surface area contributed by atoms with Crippen LogP contribution in [-0.2, 0) is 6.61 Å². The molecule has 82 valence electrons. The van der Waals surface area contributed by atoms with Crippen molar-refractivity contribution in [2.24, 2.45) is 0 Å². The maximum Gasteiger partial charge on any atom is 0.219 e. The van der Waals surface area contributed by atoms with E-state index in [4.69, 9.17) is 15.6 Å². The van der Waals surface area contributed by atoms with E-state index in [1.165, 1.54) is 6.20 Å². The lowest BCUT2D eigenvalue weighted by atomic mass is 10.2. The standard InChI is InChI=1S/C12H12N2O2/c13-10-5-6-12(14-7-10)16-11-4-2-1-3-9(11)8-15/h1-7,15H,8,13H2. The van der Waals surface area contributed by atoms with Gasteiger partial charge in [0, 0.05) is 11.6 Å². The van der Waals surface area contributed by atoms with Crippen LogP contribution in [0.3, 0.4) is 0 Å². The average molecular weight is 216 g/mol. The molecule has 0 unspecified atom stereocenters. The largest absolute Gasteiger partial charge is 0.439 e. The highest BCUT2D eigenvalue weighted by atomic mass is 16.5. The fraction of sp³-hybridized carbons (Fsp3) is 0.0833. The summed E-state index contributed by atoms with van der Waals surface area (Å²) in [5, 5.41) is 9.12. The van der Waals surface area contributed by atoms with Crippen molar-refractivity contribution >= 4 is 5.69 Å². The summed E-state index contributed by atoms with van der Waals surface area (Å²) in [6.45, 7) is -0.0643. The number of nitrogens with two attached hydrogens (primary N) is 1. The number of aromatic nitrogens is 1. The Morgan fingerprint density at radius 3 is 2.69 bits per heavy atom. The molecule has 0 aliphatic rings. The second-order valence-corrected chi connectivity index (χ2v) is 3.30. The van der Waals surface area contributed by atoms with Crippen LogP contribution in [-0.4, -0.2) is 10.1 Å². The van der Waals surface area contributed by atoms with Crippen LogP contribution in [0.5, 0.6) is 11.6 Å². The van der Waals surface area contributed by atoms with Crippen LogP contribution >= 0.6 is 0 Å². The van der Waals surface area contributed by atoms with Crippen molar-refractivity contribution in [3.8, 4) is 11.6 Å². The minimum absolute atomic E-state index is 0.0643. The first-order chi connectivity index (χ1) is 7.79. The Kier molecular flexibility index (Phi) is 3.03. The molecular formula is C12H12N2O2. The molecule has 1 heterocycles. The highest BCUT2D eigenvalue weighted by Gasteiger charge is 2.03. The van der Waals surface area contributed by atoms with Crippen molar-refractivity contribution in [2.45, 2.75) is 6.61 Å². The number of pyridine rings is 1. The molecule has 16 heavy (non-hydrogen) atoms. The molecule has 0 aliphatic carbocycles. The molecular weight excluding hydrogens is 204 g/mol. The zero-order valence-electron chi connectivity index (χ0n) is 8.63. The van der Waals surface area contributed by atoms with Crippen LogP contribution < -0.4 is 10.5 Å². The summed E-state index contributed by atoms with van der Waals surface area (Å²) in [6, 6.07) is 10.7. The number of anilines is 1.